The first kappa shape index (κ1) is 15.3. The van der Waals surface area contributed by atoms with E-state index < -0.39 is 28.4 Å². The Morgan fingerprint density at radius 3 is 2.05 bits per heavy atom. The van der Waals surface area contributed by atoms with Crippen LogP contribution < -0.4 is 5.32 Å². The fraction of sp³-hybridized carbons (Fsp3) is 0.0769. The van der Waals surface area contributed by atoms with Crippen molar-refractivity contribution in [3.63, 3.8) is 0 Å². The number of halogens is 4. The molecule has 8 heteroatoms. The van der Waals surface area contributed by atoms with Gasteiger partial charge in [0.05, 0.1) is 4.90 Å². The number of hydrogen-bond acceptors (Lipinski definition) is 3. The first-order valence-corrected chi connectivity index (χ1v) is 6.45. The molecule has 2 rings (SSSR count). The third-order valence-corrected chi connectivity index (χ3v) is 3.42. The van der Waals surface area contributed by atoms with Gasteiger partial charge in [-0.25, -0.2) is 8.78 Å². The first-order chi connectivity index (χ1) is 9.88. The quantitative estimate of drug-likeness (QED) is 0.693. The number of amides is 1. The summed E-state index contributed by atoms with van der Waals surface area (Å²) in [6, 6.07) is 5.89. The van der Waals surface area contributed by atoms with Crippen LogP contribution >= 0.6 is 11.8 Å². The lowest BCUT2D eigenvalue weighted by Crippen LogP contribution is -2.05. The Labute approximate surface area is 121 Å². The van der Waals surface area contributed by atoms with Crippen molar-refractivity contribution in [2.75, 3.05) is 5.32 Å². The van der Waals surface area contributed by atoms with Crippen LogP contribution in [-0.4, -0.2) is 10.9 Å². The molecule has 0 fully saturated rings. The van der Waals surface area contributed by atoms with E-state index in [2.05, 4.69) is 10.3 Å². The molecule has 0 bridgehead atoms. The lowest BCUT2D eigenvalue weighted by molar-refractivity contribution is -0.114. The number of hydrogen-bond donors (Lipinski definition) is 1. The van der Waals surface area contributed by atoms with Crippen LogP contribution in [0.2, 0.25) is 0 Å². The van der Waals surface area contributed by atoms with Gasteiger partial charge in [0, 0.05) is 17.5 Å². The molecule has 0 saturated carbocycles. The van der Waals surface area contributed by atoms with Crippen LogP contribution in [0, 0.1) is 23.5 Å². The number of pyridine rings is 1. The first-order valence-electron chi connectivity index (χ1n) is 5.64. The van der Waals surface area contributed by atoms with Crippen molar-refractivity contribution in [1.29, 1.82) is 0 Å². The van der Waals surface area contributed by atoms with Gasteiger partial charge in [-0.2, -0.15) is 13.8 Å². The lowest BCUT2D eigenvalue weighted by atomic mass is 10.3. The van der Waals surface area contributed by atoms with E-state index in [9.17, 15) is 22.4 Å². The van der Waals surface area contributed by atoms with Gasteiger partial charge in [0.2, 0.25) is 5.91 Å². The second-order valence-corrected chi connectivity index (χ2v) is 5.04. The zero-order valence-electron chi connectivity index (χ0n) is 10.6. The fourth-order valence-electron chi connectivity index (χ4n) is 1.49. The minimum atomic E-state index is -1.70. The zero-order valence-corrected chi connectivity index (χ0v) is 11.4. The van der Waals surface area contributed by atoms with E-state index in [0.29, 0.717) is 22.3 Å². The fourth-order valence-corrected chi connectivity index (χ4v) is 2.34. The highest BCUT2D eigenvalue weighted by molar-refractivity contribution is 7.99. The minimum absolute atomic E-state index is 0.272. The van der Waals surface area contributed by atoms with Crippen LogP contribution in [0.1, 0.15) is 6.92 Å². The average Bonchev–Trinajstić information content (AvgIpc) is 2.43. The number of benzene rings is 1. The molecule has 110 valence electrons. The highest BCUT2D eigenvalue weighted by Gasteiger charge is 2.21. The van der Waals surface area contributed by atoms with Gasteiger partial charge in [-0.3, -0.25) is 4.79 Å². The van der Waals surface area contributed by atoms with E-state index in [1.54, 1.807) is 0 Å². The Kier molecular flexibility index (Phi) is 4.46. The molecule has 1 aromatic carbocycles. The topological polar surface area (TPSA) is 42.0 Å². The molecule has 0 unspecified atom stereocenters. The van der Waals surface area contributed by atoms with Crippen LogP contribution in [0.4, 0.5) is 23.2 Å². The molecule has 0 spiro atoms. The third kappa shape index (κ3) is 3.52. The predicted octanol–water partition coefficient (Wildman–Crippen LogP) is 3.75. The monoisotopic (exact) mass is 316 g/mol. The number of nitrogens with one attached hydrogen (secondary N) is 1. The highest BCUT2D eigenvalue weighted by Crippen LogP contribution is 2.33. The number of carbonyl (C=O) groups excluding carboxylic acids is 1. The Morgan fingerprint density at radius 1 is 1.05 bits per heavy atom. The summed E-state index contributed by atoms with van der Waals surface area (Å²) in [7, 11) is 0. The third-order valence-electron chi connectivity index (χ3n) is 2.35. The molecule has 1 heterocycles. The normalized spacial score (nSPS) is 10.5. The number of rotatable bonds is 3. The summed E-state index contributed by atoms with van der Waals surface area (Å²) >= 11 is 0.514. The maximum atomic E-state index is 13.5. The molecule has 0 saturated heterocycles. The maximum Gasteiger partial charge on any atom is 0.252 e. The van der Waals surface area contributed by atoms with Gasteiger partial charge >= 0.3 is 0 Å². The summed E-state index contributed by atoms with van der Waals surface area (Å²) in [5.41, 5.74) is 0.486. The van der Waals surface area contributed by atoms with Crippen molar-refractivity contribution in [3.8, 4) is 0 Å². The van der Waals surface area contributed by atoms with E-state index in [-0.39, 0.29) is 5.91 Å². The molecule has 0 radical (unpaired) electrons. The molecule has 0 aliphatic carbocycles. The molecule has 21 heavy (non-hydrogen) atoms. The summed E-state index contributed by atoms with van der Waals surface area (Å²) in [5.74, 6) is -6.78. The number of aromatic nitrogens is 1. The van der Waals surface area contributed by atoms with Gasteiger partial charge in [0.1, 0.15) is 0 Å². The average molecular weight is 316 g/mol. The van der Waals surface area contributed by atoms with Gasteiger partial charge in [0.15, 0.2) is 11.6 Å². The standard InChI is InChI=1S/C13H8F4N2OS/c1-6(20)18-7-2-4-8(5-3-7)21-11-9(14)12(16)19-13(17)10(11)15/h2-5H,1H3,(H,18,20). The van der Waals surface area contributed by atoms with E-state index in [1.165, 1.54) is 31.2 Å². The minimum Gasteiger partial charge on any atom is -0.326 e. The maximum absolute atomic E-state index is 13.5. The molecule has 1 N–H and O–H groups in total. The highest BCUT2D eigenvalue weighted by atomic mass is 32.2. The molecule has 0 aliphatic heterocycles. The van der Waals surface area contributed by atoms with Crippen molar-refractivity contribution in [2.45, 2.75) is 16.7 Å². The van der Waals surface area contributed by atoms with E-state index in [1.807, 2.05) is 0 Å². The molecule has 1 aromatic heterocycles. The number of carbonyl (C=O) groups is 1. The van der Waals surface area contributed by atoms with Crippen LogP contribution in [0.3, 0.4) is 0 Å². The summed E-state index contributed by atoms with van der Waals surface area (Å²) in [5, 5.41) is 2.51. The van der Waals surface area contributed by atoms with Crippen molar-refractivity contribution in [2.24, 2.45) is 0 Å². The Hall–Kier alpha value is -2.09. The molecular weight excluding hydrogens is 308 g/mol. The van der Waals surface area contributed by atoms with Gasteiger partial charge in [-0.05, 0) is 24.3 Å². The molecular formula is C13H8F4N2OS. The van der Waals surface area contributed by atoms with Crippen LogP contribution in [0.5, 0.6) is 0 Å². The van der Waals surface area contributed by atoms with Crippen LogP contribution in [-0.2, 0) is 4.79 Å². The molecule has 0 aliphatic rings. The summed E-state index contributed by atoms with van der Waals surface area (Å²) in [4.78, 5) is 12.9. The molecule has 2 aromatic rings. The largest absolute Gasteiger partial charge is 0.326 e. The van der Waals surface area contributed by atoms with Crippen molar-refractivity contribution < 1.29 is 22.4 Å². The van der Waals surface area contributed by atoms with E-state index >= 15 is 0 Å². The predicted molar refractivity (Wildman–Crippen MR) is 68.9 cm³/mol. The molecule has 0 atom stereocenters. The summed E-state index contributed by atoms with van der Waals surface area (Å²) < 4.78 is 52.9. The number of nitrogens with zero attached hydrogens (tertiary/aromatic N) is 1. The van der Waals surface area contributed by atoms with Crippen molar-refractivity contribution in [3.05, 3.63) is 47.8 Å². The summed E-state index contributed by atoms with van der Waals surface area (Å²) in [6.45, 7) is 1.33. The second-order valence-electron chi connectivity index (χ2n) is 3.96. The smallest absolute Gasteiger partial charge is 0.252 e. The molecule has 3 nitrogen and oxygen atoms in total. The van der Waals surface area contributed by atoms with Crippen LogP contribution in [0.15, 0.2) is 34.1 Å². The SMILES string of the molecule is CC(=O)Nc1ccc(Sc2c(F)c(F)nc(F)c2F)cc1. The number of anilines is 1. The Bertz CT molecular complexity index is 665. The van der Waals surface area contributed by atoms with Crippen LogP contribution in [0.25, 0.3) is 0 Å². The Balaban J connectivity index is 2.28. The second kappa shape index (κ2) is 6.13. The van der Waals surface area contributed by atoms with Gasteiger partial charge in [-0.15, -0.1) is 0 Å². The summed E-state index contributed by atoms with van der Waals surface area (Å²) in [6.07, 6.45) is 0. The van der Waals surface area contributed by atoms with E-state index in [0.717, 1.165) is 0 Å². The van der Waals surface area contributed by atoms with E-state index in [4.69, 9.17) is 0 Å². The Morgan fingerprint density at radius 2 is 1.57 bits per heavy atom. The van der Waals surface area contributed by atoms with Crippen molar-refractivity contribution in [1.82, 2.24) is 4.98 Å². The van der Waals surface area contributed by atoms with Crippen molar-refractivity contribution >= 4 is 23.4 Å². The lowest BCUT2D eigenvalue weighted by Gasteiger charge is -2.07. The molecule has 1 amide bonds. The van der Waals surface area contributed by atoms with Gasteiger partial charge in [-0.1, -0.05) is 11.8 Å². The van der Waals surface area contributed by atoms with Gasteiger partial charge in [0.25, 0.3) is 11.9 Å². The zero-order chi connectivity index (χ0) is 15.6. The van der Waals surface area contributed by atoms with Gasteiger partial charge < -0.3 is 5.32 Å².